The van der Waals surface area contributed by atoms with Gasteiger partial charge in [-0.05, 0) is 28.7 Å². The van der Waals surface area contributed by atoms with Crippen molar-refractivity contribution < 1.29 is 29.0 Å². The van der Waals surface area contributed by atoms with Gasteiger partial charge in [-0.3, -0.25) is 14.4 Å². The van der Waals surface area contributed by atoms with E-state index in [1.165, 1.54) is 0 Å². The Labute approximate surface area is 221 Å². The summed E-state index contributed by atoms with van der Waals surface area (Å²) >= 11 is 0. The Balaban J connectivity index is 1.38. The summed E-state index contributed by atoms with van der Waals surface area (Å²) in [6.45, 7) is 0.110. The van der Waals surface area contributed by atoms with Gasteiger partial charge in [0.25, 0.3) is 0 Å². The third-order valence-electron chi connectivity index (χ3n) is 5.64. The second kappa shape index (κ2) is 14.8. The standard InChI is InChI=1S/C29H31N3O6/c33-26(12-7-17-30-29(37)38-20-21-8-3-1-4-9-21)31-19-27(34)32-25(18-28(35)36)24-15-13-23(14-16-24)22-10-5-2-6-11-22/h1-6,8-11,13-16,25H,7,12,17-20H2,(H,30,37)(H,31,33)(H,32,34)(H,35,36). The van der Waals surface area contributed by atoms with Crippen molar-refractivity contribution in [1.29, 1.82) is 0 Å². The molecule has 0 saturated carbocycles. The molecule has 0 spiro atoms. The minimum Gasteiger partial charge on any atom is -0.481 e. The van der Waals surface area contributed by atoms with E-state index in [2.05, 4.69) is 16.0 Å². The van der Waals surface area contributed by atoms with Crippen LogP contribution in [0.15, 0.2) is 84.9 Å². The van der Waals surface area contributed by atoms with Crippen LogP contribution in [0.5, 0.6) is 0 Å². The average molecular weight is 518 g/mol. The lowest BCUT2D eigenvalue weighted by molar-refractivity contribution is -0.138. The van der Waals surface area contributed by atoms with Crippen molar-refractivity contribution in [3.05, 3.63) is 96.1 Å². The first kappa shape index (κ1) is 27.9. The van der Waals surface area contributed by atoms with Crippen LogP contribution >= 0.6 is 0 Å². The molecule has 0 aliphatic heterocycles. The van der Waals surface area contributed by atoms with Crippen molar-refractivity contribution in [2.24, 2.45) is 0 Å². The van der Waals surface area contributed by atoms with Crippen molar-refractivity contribution in [3.8, 4) is 11.1 Å². The summed E-state index contributed by atoms with van der Waals surface area (Å²) in [6, 6.07) is 25.6. The van der Waals surface area contributed by atoms with Gasteiger partial charge >= 0.3 is 12.1 Å². The summed E-state index contributed by atoms with van der Waals surface area (Å²) in [6.07, 6.45) is -0.402. The third-order valence-corrected chi connectivity index (χ3v) is 5.64. The van der Waals surface area contributed by atoms with Gasteiger partial charge in [-0.1, -0.05) is 84.9 Å². The summed E-state index contributed by atoms with van der Waals surface area (Å²) < 4.78 is 5.10. The minimum absolute atomic E-state index is 0.103. The lowest BCUT2D eigenvalue weighted by Gasteiger charge is -2.18. The third kappa shape index (κ3) is 9.77. The lowest BCUT2D eigenvalue weighted by Crippen LogP contribution is -2.39. The van der Waals surface area contributed by atoms with E-state index in [0.29, 0.717) is 12.0 Å². The maximum absolute atomic E-state index is 12.4. The first-order valence-corrected chi connectivity index (χ1v) is 12.3. The molecule has 3 aromatic carbocycles. The SMILES string of the molecule is O=C(O)CC(NC(=O)CNC(=O)CCCNC(=O)OCc1ccccc1)c1ccc(-c2ccccc2)cc1. The number of carbonyl (C=O) groups is 4. The number of amides is 3. The molecule has 0 aromatic heterocycles. The van der Waals surface area contributed by atoms with E-state index in [4.69, 9.17) is 4.74 Å². The molecule has 9 heteroatoms. The first-order chi connectivity index (χ1) is 18.4. The summed E-state index contributed by atoms with van der Waals surface area (Å²) in [5, 5.41) is 17.1. The molecule has 0 bridgehead atoms. The molecule has 38 heavy (non-hydrogen) atoms. The van der Waals surface area contributed by atoms with Gasteiger partial charge in [0.2, 0.25) is 11.8 Å². The number of rotatable bonds is 13. The van der Waals surface area contributed by atoms with Crippen molar-refractivity contribution in [2.45, 2.75) is 31.9 Å². The topological polar surface area (TPSA) is 134 Å². The highest BCUT2D eigenvalue weighted by atomic mass is 16.5. The molecule has 0 radical (unpaired) electrons. The van der Waals surface area contributed by atoms with Gasteiger partial charge in [-0.25, -0.2) is 4.79 Å². The van der Waals surface area contributed by atoms with Crippen molar-refractivity contribution in [3.63, 3.8) is 0 Å². The van der Waals surface area contributed by atoms with Gasteiger partial charge < -0.3 is 25.8 Å². The highest BCUT2D eigenvalue weighted by molar-refractivity contribution is 5.85. The predicted octanol–water partition coefficient (Wildman–Crippen LogP) is 3.81. The molecule has 0 aliphatic carbocycles. The van der Waals surface area contributed by atoms with Crippen LogP contribution in [0.4, 0.5) is 4.79 Å². The molecule has 1 unspecified atom stereocenters. The zero-order chi connectivity index (χ0) is 27.2. The maximum Gasteiger partial charge on any atom is 0.407 e. The van der Waals surface area contributed by atoms with E-state index in [1.54, 1.807) is 12.1 Å². The van der Waals surface area contributed by atoms with Gasteiger partial charge in [0.1, 0.15) is 6.61 Å². The van der Waals surface area contributed by atoms with E-state index in [-0.39, 0.29) is 38.4 Å². The van der Waals surface area contributed by atoms with Crippen LogP contribution in [0.3, 0.4) is 0 Å². The van der Waals surface area contributed by atoms with Crippen LogP contribution in [-0.2, 0) is 25.7 Å². The fraction of sp³-hybridized carbons (Fsp3) is 0.241. The number of carboxylic acids is 1. The molecular weight excluding hydrogens is 486 g/mol. The number of alkyl carbamates (subject to hydrolysis) is 1. The molecular formula is C29H31N3O6. The van der Waals surface area contributed by atoms with Gasteiger partial charge in [0, 0.05) is 13.0 Å². The largest absolute Gasteiger partial charge is 0.481 e. The van der Waals surface area contributed by atoms with E-state index in [9.17, 15) is 24.3 Å². The zero-order valence-corrected chi connectivity index (χ0v) is 20.9. The molecule has 198 valence electrons. The number of benzene rings is 3. The number of nitrogens with one attached hydrogen (secondary N) is 3. The summed E-state index contributed by atoms with van der Waals surface area (Å²) in [7, 11) is 0. The molecule has 0 saturated heterocycles. The van der Waals surface area contributed by atoms with Crippen molar-refractivity contribution in [1.82, 2.24) is 16.0 Å². The highest BCUT2D eigenvalue weighted by Gasteiger charge is 2.18. The van der Waals surface area contributed by atoms with Gasteiger partial charge in [-0.15, -0.1) is 0 Å². The van der Waals surface area contributed by atoms with Crippen LogP contribution in [0.25, 0.3) is 11.1 Å². The smallest absolute Gasteiger partial charge is 0.407 e. The monoisotopic (exact) mass is 517 g/mol. The average Bonchev–Trinajstić information content (AvgIpc) is 2.93. The number of ether oxygens (including phenoxy) is 1. The molecule has 3 amide bonds. The van der Waals surface area contributed by atoms with Crippen LogP contribution in [0, 0.1) is 0 Å². The Hall–Kier alpha value is -4.66. The fourth-order valence-electron chi connectivity index (χ4n) is 3.69. The molecule has 3 aromatic rings. The lowest BCUT2D eigenvalue weighted by atomic mass is 9.99. The second-order valence-electron chi connectivity index (χ2n) is 8.57. The van der Waals surface area contributed by atoms with Gasteiger partial charge in [0.15, 0.2) is 0 Å². The second-order valence-corrected chi connectivity index (χ2v) is 8.57. The molecule has 9 nitrogen and oxygen atoms in total. The fourth-order valence-corrected chi connectivity index (χ4v) is 3.69. The van der Waals surface area contributed by atoms with E-state index >= 15 is 0 Å². The van der Waals surface area contributed by atoms with Crippen LogP contribution in [0.2, 0.25) is 0 Å². The Kier molecular flexibility index (Phi) is 10.9. The molecule has 1 atom stereocenters. The zero-order valence-electron chi connectivity index (χ0n) is 20.9. The quantitative estimate of drug-likeness (QED) is 0.255. The Morgan fingerprint density at radius 2 is 1.39 bits per heavy atom. The molecule has 0 heterocycles. The van der Waals surface area contributed by atoms with E-state index in [1.807, 2.05) is 72.8 Å². The molecule has 4 N–H and O–H groups in total. The summed E-state index contributed by atoms with van der Waals surface area (Å²) in [4.78, 5) is 47.6. The van der Waals surface area contributed by atoms with Gasteiger partial charge in [-0.2, -0.15) is 0 Å². The Morgan fingerprint density at radius 1 is 0.763 bits per heavy atom. The number of aliphatic carboxylic acids is 1. The molecule has 0 fully saturated rings. The summed E-state index contributed by atoms with van der Waals surface area (Å²) in [5.41, 5.74) is 3.52. The number of carbonyl (C=O) groups excluding carboxylic acids is 3. The molecule has 0 aliphatic rings. The number of carboxylic acid groups (broad SMARTS) is 1. The van der Waals surface area contributed by atoms with Gasteiger partial charge in [0.05, 0.1) is 19.0 Å². The highest BCUT2D eigenvalue weighted by Crippen LogP contribution is 2.23. The van der Waals surface area contributed by atoms with Crippen LogP contribution in [-0.4, -0.2) is 42.1 Å². The van der Waals surface area contributed by atoms with E-state index in [0.717, 1.165) is 16.7 Å². The van der Waals surface area contributed by atoms with Crippen molar-refractivity contribution in [2.75, 3.05) is 13.1 Å². The van der Waals surface area contributed by atoms with Crippen molar-refractivity contribution >= 4 is 23.9 Å². The van der Waals surface area contributed by atoms with E-state index < -0.39 is 24.0 Å². The Bertz CT molecular complexity index is 1200. The number of hydrogen-bond donors (Lipinski definition) is 4. The summed E-state index contributed by atoms with van der Waals surface area (Å²) in [5.74, 6) is -1.91. The molecule has 3 rings (SSSR count). The normalized spacial score (nSPS) is 11.2. The maximum atomic E-state index is 12.4. The number of hydrogen-bond acceptors (Lipinski definition) is 5. The van der Waals surface area contributed by atoms with Crippen LogP contribution < -0.4 is 16.0 Å². The van der Waals surface area contributed by atoms with Crippen LogP contribution in [0.1, 0.15) is 36.4 Å². The first-order valence-electron chi connectivity index (χ1n) is 12.3. The Morgan fingerprint density at radius 3 is 2.05 bits per heavy atom. The predicted molar refractivity (Wildman–Crippen MR) is 142 cm³/mol. The minimum atomic E-state index is -1.05.